The number of rotatable bonds is 5. The van der Waals surface area contributed by atoms with Gasteiger partial charge in [0.05, 0.1) is 5.52 Å². The van der Waals surface area contributed by atoms with Gasteiger partial charge in [-0.2, -0.15) is 0 Å². The Morgan fingerprint density at radius 1 is 1.40 bits per heavy atom. The summed E-state index contributed by atoms with van der Waals surface area (Å²) >= 11 is 1.64. The number of hydrogen-bond donors (Lipinski definition) is 0. The van der Waals surface area contributed by atoms with Crippen molar-refractivity contribution in [1.82, 2.24) is 19.0 Å². The van der Waals surface area contributed by atoms with Gasteiger partial charge in [-0.25, -0.2) is 14.2 Å². The van der Waals surface area contributed by atoms with Crippen LogP contribution < -0.4 is 5.69 Å². The number of nitrogens with zero attached hydrogens (tertiary/aromatic N) is 4. The third-order valence-electron chi connectivity index (χ3n) is 4.14. The van der Waals surface area contributed by atoms with Crippen molar-refractivity contribution < 1.29 is 9.18 Å². The Hall–Kier alpha value is -2.48. The maximum Gasteiger partial charge on any atom is 0.330 e. The number of thiophene rings is 1. The van der Waals surface area contributed by atoms with Gasteiger partial charge in [0.1, 0.15) is 13.2 Å². The fourth-order valence-corrected chi connectivity index (χ4v) is 3.51. The molecule has 0 unspecified atom stereocenters. The van der Waals surface area contributed by atoms with E-state index in [-0.39, 0.29) is 24.7 Å². The zero-order valence-corrected chi connectivity index (χ0v) is 15.1. The molecule has 0 fully saturated rings. The van der Waals surface area contributed by atoms with Crippen LogP contribution in [-0.2, 0) is 18.4 Å². The first-order valence-corrected chi connectivity index (χ1v) is 8.66. The van der Waals surface area contributed by atoms with E-state index in [1.54, 1.807) is 24.6 Å². The van der Waals surface area contributed by atoms with Crippen molar-refractivity contribution in [3.8, 4) is 10.4 Å². The molecule has 0 aliphatic rings. The van der Waals surface area contributed by atoms with Gasteiger partial charge in [0.2, 0.25) is 5.91 Å². The molecular weight excluding hydrogens is 343 g/mol. The van der Waals surface area contributed by atoms with Crippen molar-refractivity contribution in [2.24, 2.45) is 7.05 Å². The Morgan fingerprint density at radius 2 is 2.16 bits per heavy atom. The molecular formula is C17H19FN4O2S. The Morgan fingerprint density at radius 3 is 2.80 bits per heavy atom. The molecule has 0 N–H and O–H groups in total. The van der Waals surface area contributed by atoms with Gasteiger partial charge in [0.15, 0.2) is 5.65 Å². The molecule has 0 aliphatic carbocycles. The molecule has 0 saturated carbocycles. The predicted octanol–water partition coefficient (Wildman–Crippen LogP) is 2.20. The lowest BCUT2D eigenvalue weighted by Gasteiger charge is -2.15. The summed E-state index contributed by atoms with van der Waals surface area (Å²) in [5, 5.41) is 0. The standard InChI is InChI=1S/C17H19FN4O2S/c1-11-4-5-14(25-11)12-8-13-16(19-9-12)21(3)17(24)22(13)10-15(23)20(2)7-6-18/h4-5,8-9H,6-7,10H2,1-3H3. The van der Waals surface area contributed by atoms with Crippen molar-refractivity contribution in [3.05, 3.63) is 39.8 Å². The van der Waals surface area contributed by atoms with Gasteiger partial charge in [-0.3, -0.25) is 13.9 Å². The highest BCUT2D eigenvalue weighted by Crippen LogP contribution is 2.28. The third-order valence-corrected chi connectivity index (χ3v) is 5.19. The summed E-state index contributed by atoms with van der Waals surface area (Å²) in [6, 6.07) is 5.91. The number of halogens is 1. The summed E-state index contributed by atoms with van der Waals surface area (Å²) in [6.45, 7) is 1.28. The van der Waals surface area contributed by atoms with Crippen LogP contribution in [0.5, 0.6) is 0 Å². The van der Waals surface area contributed by atoms with Crippen LogP contribution in [0.25, 0.3) is 21.6 Å². The van der Waals surface area contributed by atoms with E-state index in [2.05, 4.69) is 4.98 Å². The highest BCUT2D eigenvalue weighted by Gasteiger charge is 2.17. The minimum Gasteiger partial charge on any atom is -0.342 e. The number of carbonyl (C=O) groups excluding carboxylic acids is 1. The molecule has 3 heterocycles. The smallest absolute Gasteiger partial charge is 0.330 e. The lowest BCUT2D eigenvalue weighted by Crippen LogP contribution is -2.35. The van der Waals surface area contributed by atoms with E-state index >= 15 is 0 Å². The molecule has 8 heteroatoms. The van der Waals surface area contributed by atoms with E-state index in [0.717, 1.165) is 10.4 Å². The first kappa shape index (κ1) is 17.3. The SMILES string of the molecule is Cc1ccc(-c2cnc3c(c2)n(CC(=O)N(C)CCF)c(=O)n3C)s1. The van der Waals surface area contributed by atoms with Gasteiger partial charge in [-0.1, -0.05) is 0 Å². The van der Waals surface area contributed by atoms with E-state index in [4.69, 9.17) is 0 Å². The van der Waals surface area contributed by atoms with Crippen LogP contribution >= 0.6 is 11.3 Å². The van der Waals surface area contributed by atoms with Crippen LogP contribution in [-0.4, -0.2) is 45.2 Å². The summed E-state index contributed by atoms with van der Waals surface area (Å²) in [5.74, 6) is -0.315. The third kappa shape index (κ3) is 3.21. The van der Waals surface area contributed by atoms with Crippen LogP contribution in [0.3, 0.4) is 0 Å². The van der Waals surface area contributed by atoms with E-state index in [9.17, 15) is 14.0 Å². The number of pyridine rings is 1. The molecule has 0 atom stereocenters. The van der Waals surface area contributed by atoms with Gasteiger partial charge in [-0.05, 0) is 25.1 Å². The van der Waals surface area contributed by atoms with E-state index in [1.807, 2.05) is 25.1 Å². The van der Waals surface area contributed by atoms with Gasteiger partial charge < -0.3 is 4.90 Å². The largest absolute Gasteiger partial charge is 0.342 e. The Bertz CT molecular complexity index is 988. The molecule has 25 heavy (non-hydrogen) atoms. The number of aromatic nitrogens is 3. The van der Waals surface area contributed by atoms with Gasteiger partial charge in [0, 0.05) is 42.2 Å². The second-order valence-corrected chi connectivity index (χ2v) is 7.20. The molecule has 132 valence electrons. The monoisotopic (exact) mass is 362 g/mol. The summed E-state index contributed by atoms with van der Waals surface area (Å²) in [6.07, 6.45) is 1.73. The lowest BCUT2D eigenvalue weighted by atomic mass is 10.2. The van der Waals surface area contributed by atoms with Gasteiger partial charge in [-0.15, -0.1) is 11.3 Å². The fourth-order valence-electron chi connectivity index (χ4n) is 2.66. The number of alkyl halides is 1. The van der Waals surface area contributed by atoms with Crippen LogP contribution in [0.2, 0.25) is 0 Å². The van der Waals surface area contributed by atoms with Crippen LogP contribution in [0, 0.1) is 6.92 Å². The topological polar surface area (TPSA) is 60.1 Å². The molecule has 6 nitrogen and oxygen atoms in total. The van der Waals surface area contributed by atoms with E-state index in [1.165, 1.54) is 26.0 Å². The molecule has 1 amide bonds. The lowest BCUT2D eigenvalue weighted by molar-refractivity contribution is -0.130. The van der Waals surface area contributed by atoms with Crippen molar-refractivity contribution >= 4 is 28.4 Å². The molecule has 0 saturated heterocycles. The Labute approximate surface area is 148 Å². The number of imidazole rings is 1. The number of likely N-dealkylation sites (N-methyl/N-ethyl adjacent to an activating group) is 1. The molecule has 0 radical (unpaired) electrons. The quantitative estimate of drug-likeness (QED) is 0.699. The highest BCUT2D eigenvalue weighted by molar-refractivity contribution is 7.15. The highest BCUT2D eigenvalue weighted by atomic mass is 32.1. The number of hydrogen-bond acceptors (Lipinski definition) is 4. The van der Waals surface area contributed by atoms with E-state index in [0.29, 0.717) is 11.2 Å². The Kier molecular flexibility index (Phi) is 4.71. The summed E-state index contributed by atoms with van der Waals surface area (Å²) in [7, 11) is 3.15. The predicted molar refractivity (Wildman–Crippen MR) is 96.6 cm³/mol. The Balaban J connectivity index is 2.06. The van der Waals surface area contributed by atoms with Crippen molar-refractivity contribution in [2.75, 3.05) is 20.3 Å². The minimum absolute atomic E-state index is 0.0102. The van der Waals surface area contributed by atoms with Crippen LogP contribution in [0.1, 0.15) is 4.88 Å². The molecule has 3 aromatic rings. The molecule has 3 aromatic heterocycles. The number of carbonyl (C=O) groups is 1. The van der Waals surface area contributed by atoms with Crippen molar-refractivity contribution in [1.29, 1.82) is 0 Å². The molecule has 0 aromatic carbocycles. The summed E-state index contributed by atoms with van der Waals surface area (Å²) < 4.78 is 15.3. The number of aryl methyl sites for hydroxylation is 2. The second kappa shape index (κ2) is 6.79. The fraction of sp³-hybridized carbons (Fsp3) is 0.353. The molecule has 0 spiro atoms. The average Bonchev–Trinajstić information content (AvgIpc) is 3.12. The van der Waals surface area contributed by atoms with Gasteiger partial charge in [0.25, 0.3) is 0 Å². The maximum atomic E-state index is 12.5. The molecule has 0 bridgehead atoms. The zero-order valence-electron chi connectivity index (χ0n) is 14.3. The zero-order chi connectivity index (χ0) is 18.1. The van der Waals surface area contributed by atoms with Crippen molar-refractivity contribution in [2.45, 2.75) is 13.5 Å². The van der Waals surface area contributed by atoms with Crippen LogP contribution in [0.4, 0.5) is 4.39 Å². The molecule has 3 rings (SSSR count). The van der Waals surface area contributed by atoms with Crippen molar-refractivity contribution in [3.63, 3.8) is 0 Å². The van der Waals surface area contributed by atoms with Crippen LogP contribution in [0.15, 0.2) is 29.2 Å². The van der Waals surface area contributed by atoms with Gasteiger partial charge >= 0.3 is 5.69 Å². The first-order valence-electron chi connectivity index (χ1n) is 7.84. The maximum absolute atomic E-state index is 12.5. The second-order valence-electron chi connectivity index (χ2n) is 5.91. The summed E-state index contributed by atoms with van der Waals surface area (Å²) in [4.78, 5) is 32.7. The first-order chi connectivity index (χ1) is 11.9. The normalized spacial score (nSPS) is 11.2. The number of fused-ring (bicyclic) bond motifs is 1. The minimum atomic E-state index is -0.615. The average molecular weight is 362 g/mol. The number of amides is 1. The molecule has 0 aliphatic heterocycles. The van der Waals surface area contributed by atoms with E-state index < -0.39 is 6.67 Å². The summed E-state index contributed by atoms with van der Waals surface area (Å²) in [5.41, 5.74) is 1.69.